The molecule has 0 bridgehead atoms. The fourth-order valence-electron chi connectivity index (χ4n) is 2.81. The quantitative estimate of drug-likeness (QED) is 0.694. The number of hydrogen-bond donors (Lipinski definition) is 1. The van der Waals surface area contributed by atoms with Gasteiger partial charge in [-0.15, -0.1) is 5.01 Å². The Morgan fingerprint density at radius 2 is 1.75 bits per heavy atom. The van der Waals surface area contributed by atoms with E-state index in [0.717, 1.165) is 21.7 Å². The summed E-state index contributed by atoms with van der Waals surface area (Å²) in [7, 11) is 0. The largest absolute Gasteiger partial charge is 0.346 e. The van der Waals surface area contributed by atoms with Crippen LogP contribution in [0.2, 0.25) is 0 Å². The van der Waals surface area contributed by atoms with Crippen molar-refractivity contribution in [2.45, 2.75) is 25.8 Å². The standard InChI is InChI=1S/C19H19N3O2/c1-3-19(16-7-5-4-6-8-16)17(23)22(18(24)21-19)20-13-15-11-9-14(2)10-12-15/h4-13H,3H2,1-2H3,(H,21,24)/b20-13-/t19-/m0/s1. The summed E-state index contributed by atoms with van der Waals surface area (Å²) >= 11 is 0. The van der Waals surface area contributed by atoms with Crippen LogP contribution in [0.3, 0.4) is 0 Å². The molecule has 5 heteroatoms. The van der Waals surface area contributed by atoms with Gasteiger partial charge in [0.2, 0.25) is 0 Å². The van der Waals surface area contributed by atoms with E-state index in [0.29, 0.717) is 6.42 Å². The normalized spacial score (nSPS) is 20.7. The van der Waals surface area contributed by atoms with Gasteiger partial charge in [0, 0.05) is 0 Å². The number of benzene rings is 2. The lowest BCUT2D eigenvalue weighted by atomic mass is 9.87. The summed E-state index contributed by atoms with van der Waals surface area (Å²) in [4.78, 5) is 25.2. The van der Waals surface area contributed by atoms with Gasteiger partial charge in [-0.3, -0.25) is 4.79 Å². The molecular weight excluding hydrogens is 302 g/mol. The number of urea groups is 1. The number of amides is 3. The molecule has 1 aliphatic heterocycles. The Morgan fingerprint density at radius 3 is 2.38 bits per heavy atom. The van der Waals surface area contributed by atoms with Crippen molar-refractivity contribution in [1.29, 1.82) is 0 Å². The van der Waals surface area contributed by atoms with Gasteiger partial charge < -0.3 is 5.32 Å². The van der Waals surface area contributed by atoms with Crippen LogP contribution in [0, 0.1) is 6.92 Å². The van der Waals surface area contributed by atoms with Gasteiger partial charge in [-0.1, -0.05) is 67.1 Å². The van der Waals surface area contributed by atoms with Crippen LogP contribution in [0.5, 0.6) is 0 Å². The lowest BCUT2D eigenvalue weighted by molar-refractivity contribution is -0.131. The zero-order valence-corrected chi connectivity index (χ0v) is 13.7. The summed E-state index contributed by atoms with van der Waals surface area (Å²) in [5.41, 5.74) is 1.67. The third-order valence-electron chi connectivity index (χ3n) is 4.27. The van der Waals surface area contributed by atoms with Gasteiger partial charge >= 0.3 is 6.03 Å². The summed E-state index contributed by atoms with van der Waals surface area (Å²) in [6, 6.07) is 16.4. The number of nitrogens with one attached hydrogen (secondary N) is 1. The molecule has 1 atom stereocenters. The number of imide groups is 1. The smallest absolute Gasteiger partial charge is 0.318 e. The molecule has 0 unspecified atom stereocenters. The van der Waals surface area contributed by atoms with Gasteiger partial charge in [-0.2, -0.15) is 5.10 Å². The predicted molar refractivity (Wildman–Crippen MR) is 92.6 cm³/mol. The minimum Gasteiger partial charge on any atom is -0.318 e. The van der Waals surface area contributed by atoms with Crippen molar-refractivity contribution in [3.63, 3.8) is 0 Å². The SMILES string of the molecule is CC[C@@]1(c2ccccc2)NC(=O)N(/N=C\c2ccc(C)cc2)C1=O. The fraction of sp³-hybridized carbons (Fsp3) is 0.211. The first-order chi connectivity index (χ1) is 11.6. The van der Waals surface area contributed by atoms with E-state index >= 15 is 0 Å². The van der Waals surface area contributed by atoms with Gasteiger partial charge in [0.25, 0.3) is 5.91 Å². The number of aryl methyl sites for hydroxylation is 1. The van der Waals surface area contributed by atoms with E-state index in [1.165, 1.54) is 6.21 Å². The van der Waals surface area contributed by atoms with Crippen LogP contribution in [-0.2, 0) is 10.3 Å². The number of rotatable bonds is 4. The fourth-order valence-corrected chi connectivity index (χ4v) is 2.81. The molecule has 0 saturated carbocycles. The van der Waals surface area contributed by atoms with Crippen LogP contribution >= 0.6 is 0 Å². The summed E-state index contributed by atoms with van der Waals surface area (Å²) in [5.74, 6) is -0.357. The minimum atomic E-state index is -1.05. The van der Waals surface area contributed by atoms with E-state index in [4.69, 9.17) is 0 Å². The highest BCUT2D eigenvalue weighted by molar-refractivity contribution is 6.07. The first kappa shape index (κ1) is 15.9. The van der Waals surface area contributed by atoms with Crippen molar-refractivity contribution in [3.8, 4) is 0 Å². The van der Waals surface area contributed by atoms with Crippen molar-refractivity contribution in [3.05, 3.63) is 71.3 Å². The molecule has 1 aliphatic rings. The molecule has 3 rings (SSSR count). The van der Waals surface area contributed by atoms with Gasteiger partial charge in [-0.25, -0.2) is 4.79 Å². The predicted octanol–water partition coefficient (Wildman–Crippen LogP) is 3.19. The van der Waals surface area contributed by atoms with Crippen LogP contribution in [0.1, 0.15) is 30.0 Å². The van der Waals surface area contributed by atoms with E-state index in [2.05, 4.69) is 10.4 Å². The average molecular weight is 321 g/mol. The Kier molecular flexibility index (Phi) is 4.16. The second kappa shape index (κ2) is 6.28. The maximum Gasteiger partial charge on any atom is 0.346 e. The lowest BCUT2D eigenvalue weighted by Crippen LogP contribution is -2.43. The summed E-state index contributed by atoms with van der Waals surface area (Å²) in [6.07, 6.45) is 1.98. The molecule has 1 N–H and O–H groups in total. The third kappa shape index (κ3) is 2.69. The zero-order chi connectivity index (χ0) is 17.2. The molecule has 5 nitrogen and oxygen atoms in total. The average Bonchev–Trinajstić information content (AvgIpc) is 2.86. The minimum absolute atomic E-state index is 0.357. The molecule has 1 heterocycles. The topological polar surface area (TPSA) is 61.8 Å². The van der Waals surface area contributed by atoms with Crippen molar-refractivity contribution in [2.75, 3.05) is 0 Å². The molecule has 24 heavy (non-hydrogen) atoms. The molecule has 122 valence electrons. The van der Waals surface area contributed by atoms with Crippen LogP contribution in [0.4, 0.5) is 4.79 Å². The maximum absolute atomic E-state index is 12.9. The molecule has 1 saturated heterocycles. The Labute approximate surface area is 141 Å². The molecule has 0 aromatic heterocycles. The van der Waals surface area contributed by atoms with Gasteiger partial charge in [0.1, 0.15) is 5.54 Å². The number of nitrogens with zero attached hydrogens (tertiary/aromatic N) is 2. The highest BCUT2D eigenvalue weighted by Crippen LogP contribution is 2.32. The van der Waals surface area contributed by atoms with Crippen LogP contribution in [0.25, 0.3) is 0 Å². The first-order valence-electron chi connectivity index (χ1n) is 7.90. The molecule has 0 radical (unpaired) electrons. The lowest BCUT2D eigenvalue weighted by Gasteiger charge is -2.24. The summed E-state index contributed by atoms with van der Waals surface area (Å²) < 4.78 is 0. The molecular formula is C19H19N3O2. The second-order valence-electron chi connectivity index (χ2n) is 5.83. The van der Waals surface area contributed by atoms with Crippen LogP contribution in [-0.4, -0.2) is 23.2 Å². The Bertz CT molecular complexity index is 784. The second-order valence-corrected chi connectivity index (χ2v) is 5.83. The van der Waals surface area contributed by atoms with Crippen molar-refractivity contribution in [1.82, 2.24) is 10.3 Å². The van der Waals surface area contributed by atoms with Crippen LogP contribution < -0.4 is 5.32 Å². The number of hydrogen-bond acceptors (Lipinski definition) is 3. The number of carbonyl (C=O) groups excluding carboxylic acids is 2. The van der Waals surface area contributed by atoms with Gasteiger partial charge in [0.15, 0.2) is 0 Å². The Morgan fingerprint density at radius 1 is 1.08 bits per heavy atom. The summed E-state index contributed by atoms with van der Waals surface area (Å²) in [6.45, 7) is 3.87. The van der Waals surface area contributed by atoms with E-state index in [1.807, 2.05) is 68.4 Å². The summed E-state index contributed by atoms with van der Waals surface area (Å²) in [5, 5.41) is 7.82. The molecule has 0 spiro atoms. The molecule has 3 amide bonds. The molecule has 1 fully saturated rings. The highest BCUT2D eigenvalue weighted by Gasteiger charge is 2.51. The molecule has 0 aliphatic carbocycles. The van der Waals surface area contributed by atoms with E-state index in [1.54, 1.807) is 0 Å². The maximum atomic E-state index is 12.9. The Hall–Kier alpha value is -2.95. The highest BCUT2D eigenvalue weighted by atomic mass is 16.2. The van der Waals surface area contributed by atoms with Crippen LogP contribution in [0.15, 0.2) is 59.7 Å². The van der Waals surface area contributed by atoms with Crippen molar-refractivity contribution in [2.24, 2.45) is 5.10 Å². The van der Waals surface area contributed by atoms with Crippen molar-refractivity contribution < 1.29 is 9.59 Å². The van der Waals surface area contributed by atoms with Gasteiger partial charge in [-0.05, 0) is 24.5 Å². The van der Waals surface area contributed by atoms with Crippen molar-refractivity contribution >= 4 is 18.2 Å². The first-order valence-corrected chi connectivity index (χ1v) is 7.90. The van der Waals surface area contributed by atoms with E-state index in [9.17, 15) is 9.59 Å². The van der Waals surface area contributed by atoms with E-state index in [-0.39, 0.29) is 5.91 Å². The Balaban J connectivity index is 1.90. The molecule has 2 aromatic rings. The monoisotopic (exact) mass is 321 g/mol. The third-order valence-corrected chi connectivity index (χ3v) is 4.27. The zero-order valence-electron chi connectivity index (χ0n) is 13.7. The number of hydrazone groups is 1. The molecule has 2 aromatic carbocycles. The number of carbonyl (C=O) groups is 2. The van der Waals surface area contributed by atoms with Gasteiger partial charge in [0.05, 0.1) is 6.21 Å². The van der Waals surface area contributed by atoms with E-state index < -0.39 is 11.6 Å².